The molecular weight excluding hydrogens is 357 g/mol. The molecule has 0 nitrogen and oxygen atoms in total. The summed E-state index contributed by atoms with van der Waals surface area (Å²) in [6.45, 7) is -0.258. The summed E-state index contributed by atoms with van der Waals surface area (Å²) in [5, 5.41) is 0. The van der Waals surface area contributed by atoms with E-state index in [2.05, 4.69) is 30.3 Å². The number of alkyl halides is 3. The number of rotatable bonds is 8. The second-order valence-electron chi connectivity index (χ2n) is 7.84. The molecular formula is C25H29F3. The molecule has 150 valence electrons. The van der Waals surface area contributed by atoms with Gasteiger partial charge < -0.3 is 0 Å². The predicted octanol–water partition coefficient (Wildman–Crippen LogP) is 7.95. The van der Waals surface area contributed by atoms with Gasteiger partial charge in [-0.25, -0.2) is 8.78 Å². The summed E-state index contributed by atoms with van der Waals surface area (Å²) in [6.07, 6.45) is 9.60. The highest BCUT2D eigenvalue weighted by Gasteiger charge is 2.19. The first-order valence-corrected chi connectivity index (χ1v) is 10.4. The van der Waals surface area contributed by atoms with Crippen LogP contribution in [0.25, 0.3) is 11.1 Å². The van der Waals surface area contributed by atoms with E-state index in [9.17, 15) is 13.2 Å². The summed E-state index contributed by atoms with van der Waals surface area (Å²) in [7, 11) is 0. The van der Waals surface area contributed by atoms with Gasteiger partial charge in [0.15, 0.2) is 0 Å². The summed E-state index contributed by atoms with van der Waals surface area (Å²) >= 11 is 0. The van der Waals surface area contributed by atoms with E-state index < -0.39 is 6.43 Å². The first-order valence-electron chi connectivity index (χ1n) is 10.4. The molecule has 0 aliphatic heterocycles. The molecule has 0 spiro atoms. The minimum absolute atomic E-state index is 0.0630. The van der Waals surface area contributed by atoms with E-state index in [1.54, 1.807) is 12.1 Å². The van der Waals surface area contributed by atoms with Crippen LogP contribution in [0.2, 0.25) is 0 Å². The minimum Gasteiger partial charge on any atom is -0.251 e. The Bertz CT molecular complexity index is 723. The van der Waals surface area contributed by atoms with Gasteiger partial charge in [0, 0.05) is 5.56 Å². The monoisotopic (exact) mass is 386 g/mol. The van der Waals surface area contributed by atoms with Crippen LogP contribution >= 0.6 is 0 Å². The van der Waals surface area contributed by atoms with Gasteiger partial charge in [0.1, 0.15) is 0 Å². The van der Waals surface area contributed by atoms with Crippen molar-refractivity contribution in [3.63, 3.8) is 0 Å². The fourth-order valence-corrected chi connectivity index (χ4v) is 4.08. The van der Waals surface area contributed by atoms with Crippen LogP contribution in [-0.4, -0.2) is 6.67 Å². The van der Waals surface area contributed by atoms with Crippen molar-refractivity contribution in [2.75, 3.05) is 6.67 Å². The third-order valence-corrected chi connectivity index (χ3v) is 5.87. The van der Waals surface area contributed by atoms with Gasteiger partial charge in [0.25, 0.3) is 6.43 Å². The molecule has 3 heteroatoms. The molecule has 0 saturated heterocycles. The van der Waals surface area contributed by atoms with Gasteiger partial charge >= 0.3 is 0 Å². The van der Waals surface area contributed by atoms with Gasteiger partial charge in [-0.15, -0.1) is 0 Å². The van der Waals surface area contributed by atoms with E-state index in [0.29, 0.717) is 12.3 Å². The van der Waals surface area contributed by atoms with Crippen molar-refractivity contribution in [2.45, 2.75) is 51.4 Å². The van der Waals surface area contributed by atoms with Gasteiger partial charge in [-0.05, 0) is 73.5 Å². The van der Waals surface area contributed by atoms with Crippen LogP contribution in [0, 0.1) is 11.8 Å². The normalized spacial score (nSPS) is 20.1. The molecule has 0 heterocycles. The van der Waals surface area contributed by atoms with Crippen LogP contribution in [-0.2, 0) is 6.42 Å². The van der Waals surface area contributed by atoms with Crippen LogP contribution in [0.5, 0.6) is 0 Å². The Morgan fingerprint density at radius 1 is 0.857 bits per heavy atom. The fourth-order valence-electron chi connectivity index (χ4n) is 4.08. The standard InChI is InChI=1S/C25H29F3/c26-18-2-1-3-19-4-6-20(7-5-19)8-9-21-10-12-22(13-11-21)23-14-16-24(17-15-23)25(27)28/h1,3,10-17,19-20,25H,2,4-9,18H2/t19-,20-. The zero-order chi connectivity index (χ0) is 19.8. The maximum atomic E-state index is 12.7. The number of hydrogen-bond acceptors (Lipinski definition) is 0. The van der Waals surface area contributed by atoms with Crippen molar-refractivity contribution < 1.29 is 13.2 Å². The van der Waals surface area contributed by atoms with Gasteiger partial charge in [-0.2, -0.15) is 0 Å². The Labute approximate surface area is 166 Å². The smallest absolute Gasteiger partial charge is 0.251 e. The molecule has 28 heavy (non-hydrogen) atoms. The number of allylic oxidation sites excluding steroid dienone is 2. The van der Waals surface area contributed by atoms with Crippen molar-refractivity contribution in [3.8, 4) is 11.1 Å². The van der Waals surface area contributed by atoms with E-state index in [0.717, 1.165) is 23.5 Å². The van der Waals surface area contributed by atoms with E-state index in [1.165, 1.54) is 49.8 Å². The summed E-state index contributed by atoms with van der Waals surface area (Å²) in [4.78, 5) is 0. The SMILES string of the molecule is FCCC=C[C@H]1CC[C@H](CCc2ccc(-c3ccc(C(F)F)cc3)cc2)CC1. The molecule has 1 saturated carbocycles. The van der Waals surface area contributed by atoms with Crippen molar-refractivity contribution >= 4 is 0 Å². The van der Waals surface area contributed by atoms with Crippen molar-refractivity contribution in [3.05, 3.63) is 71.8 Å². The number of benzene rings is 2. The predicted molar refractivity (Wildman–Crippen MR) is 110 cm³/mol. The second-order valence-corrected chi connectivity index (χ2v) is 7.84. The lowest BCUT2D eigenvalue weighted by molar-refractivity contribution is 0.151. The first-order chi connectivity index (χ1) is 13.7. The summed E-state index contributed by atoms with van der Waals surface area (Å²) < 4.78 is 37.5. The molecule has 0 amide bonds. The number of hydrogen-bond donors (Lipinski definition) is 0. The average molecular weight is 387 g/mol. The number of aryl methyl sites for hydroxylation is 1. The van der Waals surface area contributed by atoms with Gasteiger partial charge in [0.05, 0.1) is 6.67 Å². The molecule has 0 unspecified atom stereocenters. The Kier molecular flexibility index (Phi) is 7.76. The van der Waals surface area contributed by atoms with E-state index in [-0.39, 0.29) is 12.2 Å². The summed E-state index contributed by atoms with van der Waals surface area (Å²) in [5.74, 6) is 1.42. The lowest BCUT2D eigenvalue weighted by Crippen LogP contribution is -2.13. The Balaban J connectivity index is 1.46. The van der Waals surface area contributed by atoms with E-state index in [4.69, 9.17) is 0 Å². The lowest BCUT2D eigenvalue weighted by Gasteiger charge is -2.26. The molecule has 1 aliphatic rings. The Morgan fingerprint density at radius 3 is 2.04 bits per heavy atom. The maximum absolute atomic E-state index is 12.7. The Morgan fingerprint density at radius 2 is 1.46 bits per heavy atom. The van der Waals surface area contributed by atoms with Crippen LogP contribution in [0.15, 0.2) is 60.7 Å². The topological polar surface area (TPSA) is 0 Å². The van der Waals surface area contributed by atoms with E-state index >= 15 is 0 Å². The molecule has 3 rings (SSSR count). The van der Waals surface area contributed by atoms with Crippen molar-refractivity contribution in [1.29, 1.82) is 0 Å². The van der Waals surface area contributed by atoms with Gasteiger partial charge in [0.2, 0.25) is 0 Å². The Hall–Kier alpha value is -2.03. The summed E-state index contributed by atoms with van der Waals surface area (Å²) in [5.41, 5.74) is 3.42. The van der Waals surface area contributed by atoms with Crippen LogP contribution < -0.4 is 0 Å². The average Bonchev–Trinajstić information content (AvgIpc) is 2.74. The van der Waals surface area contributed by atoms with Crippen LogP contribution in [0.3, 0.4) is 0 Å². The highest BCUT2D eigenvalue weighted by atomic mass is 19.3. The van der Waals surface area contributed by atoms with Gasteiger partial charge in [-0.3, -0.25) is 4.39 Å². The summed E-state index contributed by atoms with van der Waals surface area (Å²) in [6, 6.07) is 15.0. The zero-order valence-corrected chi connectivity index (χ0v) is 16.3. The maximum Gasteiger partial charge on any atom is 0.263 e. The molecule has 1 aliphatic carbocycles. The van der Waals surface area contributed by atoms with Crippen LogP contribution in [0.1, 0.15) is 56.1 Å². The molecule has 2 aromatic carbocycles. The zero-order valence-electron chi connectivity index (χ0n) is 16.3. The fraction of sp³-hybridized carbons (Fsp3) is 0.440. The van der Waals surface area contributed by atoms with Gasteiger partial charge in [-0.1, -0.05) is 60.7 Å². The largest absolute Gasteiger partial charge is 0.263 e. The molecule has 0 N–H and O–H groups in total. The lowest BCUT2D eigenvalue weighted by atomic mass is 9.79. The highest BCUT2D eigenvalue weighted by Crippen LogP contribution is 2.32. The minimum atomic E-state index is -2.42. The second kappa shape index (κ2) is 10.5. The molecule has 0 aromatic heterocycles. The molecule has 1 fully saturated rings. The van der Waals surface area contributed by atoms with Crippen molar-refractivity contribution in [1.82, 2.24) is 0 Å². The van der Waals surface area contributed by atoms with Crippen molar-refractivity contribution in [2.24, 2.45) is 11.8 Å². The third kappa shape index (κ3) is 5.98. The molecule has 0 atom stereocenters. The first kappa shape index (κ1) is 20.7. The molecule has 2 aromatic rings. The van der Waals surface area contributed by atoms with Crippen LogP contribution in [0.4, 0.5) is 13.2 Å². The quantitative estimate of drug-likeness (QED) is 0.404. The molecule has 0 radical (unpaired) electrons. The third-order valence-electron chi connectivity index (χ3n) is 5.87. The highest BCUT2D eigenvalue weighted by molar-refractivity contribution is 5.64. The van der Waals surface area contributed by atoms with E-state index in [1.807, 2.05) is 6.08 Å². The molecule has 0 bridgehead atoms. The number of halogens is 3.